The van der Waals surface area contributed by atoms with Crippen LogP contribution in [0.4, 0.5) is 0 Å². The van der Waals surface area contributed by atoms with Crippen molar-refractivity contribution in [2.75, 3.05) is 20.2 Å². The number of ether oxygens (including phenoxy) is 1. The molecule has 1 aromatic carbocycles. The number of carbonyl (C=O) groups excluding carboxylic acids is 1. The van der Waals surface area contributed by atoms with Crippen molar-refractivity contribution in [1.29, 1.82) is 0 Å². The first kappa shape index (κ1) is 13.4. The number of oxazole rings is 1. The van der Waals surface area contributed by atoms with Crippen LogP contribution in [0.2, 0.25) is 0 Å². The molecule has 2 rings (SSSR count). The predicted molar refractivity (Wildman–Crippen MR) is 70.0 cm³/mol. The van der Waals surface area contributed by atoms with Crippen LogP contribution in [0, 0.1) is 0 Å². The van der Waals surface area contributed by atoms with Crippen LogP contribution in [0.25, 0.3) is 11.1 Å². The summed E-state index contributed by atoms with van der Waals surface area (Å²) in [5.41, 5.74) is 2.43. The summed E-state index contributed by atoms with van der Waals surface area (Å²) in [6.07, 6.45) is 0.756. The van der Waals surface area contributed by atoms with Gasteiger partial charge in [0.25, 0.3) is 0 Å². The Morgan fingerprint density at radius 2 is 2.26 bits per heavy atom. The van der Waals surface area contributed by atoms with E-state index >= 15 is 0 Å². The highest BCUT2D eigenvalue weighted by atomic mass is 16.5. The largest absolute Gasteiger partial charge is 0.468 e. The maximum absolute atomic E-state index is 11.4. The third-order valence-electron chi connectivity index (χ3n) is 2.94. The van der Waals surface area contributed by atoms with E-state index in [2.05, 4.69) is 10.1 Å². The molecule has 6 heteroatoms. The van der Waals surface area contributed by atoms with Crippen molar-refractivity contribution in [2.45, 2.75) is 6.42 Å². The average Bonchev–Trinajstić information content (AvgIpc) is 2.70. The molecule has 102 valence electrons. The Labute approximate surface area is 110 Å². The van der Waals surface area contributed by atoms with E-state index in [9.17, 15) is 9.59 Å². The minimum atomic E-state index is -0.365. The summed E-state index contributed by atoms with van der Waals surface area (Å²) in [6.45, 7) is 0.856. The van der Waals surface area contributed by atoms with Gasteiger partial charge < -0.3 is 14.5 Å². The van der Waals surface area contributed by atoms with E-state index < -0.39 is 0 Å². The van der Waals surface area contributed by atoms with E-state index in [-0.39, 0.29) is 18.3 Å². The molecule has 0 saturated carbocycles. The van der Waals surface area contributed by atoms with Crippen molar-refractivity contribution in [3.63, 3.8) is 0 Å². The molecule has 0 radical (unpaired) electrons. The highest BCUT2D eigenvalue weighted by Crippen LogP contribution is 2.14. The molecule has 1 aromatic heterocycles. The molecular formula is C13H16N2O4. The number of fused-ring (bicyclic) bond motifs is 1. The quantitative estimate of drug-likeness (QED) is 0.626. The molecule has 0 spiro atoms. The number of aryl methyl sites for hydroxylation is 1. The molecule has 0 unspecified atom stereocenters. The van der Waals surface area contributed by atoms with Crippen molar-refractivity contribution >= 4 is 17.1 Å². The molecule has 0 aliphatic rings. The Balaban J connectivity index is 1.99. The second kappa shape index (κ2) is 5.71. The van der Waals surface area contributed by atoms with Gasteiger partial charge in [-0.2, -0.15) is 0 Å². The van der Waals surface area contributed by atoms with Gasteiger partial charge in [-0.3, -0.25) is 9.36 Å². The summed E-state index contributed by atoms with van der Waals surface area (Å²) in [4.78, 5) is 22.3. The fourth-order valence-electron chi connectivity index (χ4n) is 1.82. The highest BCUT2D eigenvalue weighted by molar-refractivity contribution is 5.73. The highest BCUT2D eigenvalue weighted by Gasteiger charge is 2.06. The Kier molecular flexibility index (Phi) is 4.01. The summed E-state index contributed by atoms with van der Waals surface area (Å²) < 4.78 is 11.1. The fraction of sp³-hybridized carbons (Fsp3) is 0.385. The number of nitrogens with one attached hydrogen (secondary N) is 1. The number of hydrogen-bond donors (Lipinski definition) is 1. The van der Waals surface area contributed by atoms with Crippen LogP contribution in [0.1, 0.15) is 5.56 Å². The first-order chi connectivity index (χ1) is 9.11. The molecule has 2 aromatic rings. The molecule has 1 heterocycles. The van der Waals surface area contributed by atoms with Gasteiger partial charge in [0.15, 0.2) is 5.58 Å². The SMILES string of the molecule is COC(=O)CNCCc1ccc2oc(=O)n(C)c2c1. The number of esters is 1. The van der Waals surface area contributed by atoms with E-state index in [0.717, 1.165) is 17.5 Å². The number of aromatic nitrogens is 1. The molecule has 0 bridgehead atoms. The van der Waals surface area contributed by atoms with Gasteiger partial charge in [0, 0.05) is 7.05 Å². The number of nitrogens with zero attached hydrogens (tertiary/aromatic N) is 1. The molecule has 6 nitrogen and oxygen atoms in total. The number of rotatable bonds is 5. The van der Waals surface area contributed by atoms with Gasteiger partial charge in [-0.1, -0.05) is 6.07 Å². The minimum Gasteiger partial charge on any atom is -0.468 e. The number of benzene rings is 1. The lowest BCUT2D eigenvalue weighted by Gasteiger charge is -2.04. The van der Waals surface area contributed by atoms with Crippen LogP contribution in [-0.4, -0.2) is 30.7 Å². The van der Waals surface area contributed by atoms with Gasteiger partial charge >= 0.3 is 11.7 Å². The first-order valence-corrected chi connectivity index (χ1v) is 5.98. The average molecular weight is 264 g/mol. The molecule has 0 aliphatic carbocycles. The van der Waals surface area contributed by atoms with Crippen molar-refractivity contribution in [3.05, 3.63) is 34.3 Å². The smallest absolute Gasteiger partial charge is 0.419 e. The van der Waals surface area contributed by atoms with E-state index in [1.807, 2.05) is 12.1 Å². The monoisotopic (exact) mass is 264 g/mol. The van der Waals surface area contributed by atoms with Gasteiger partial charge in [0.2, 0.25) is 0 Å². The lowest BCUT2D eigenvalue weighted by atomic mass is 10.1. The maximum atomic E-state index is 11.4. The molecule has 0 saturated heterocycles. The number of hydrogen-bond acceptors (Lipinski definition) is 5. The summed E-state index contributed by atoms with van der Waals surface area (Å²) in [7, 11) is 3.03. The van der Waals surface area contributed by atoms with Gasteiger partial charge in [0.05, 0.1) is 19.2 Å². The van der Waals surface area contributed by atoms with Gasteiger partial charge in [-0.15, -0.1) is 0 Å². The zero-order valence-corrected chi connectivity index (χ0v) is 10.9. The lowest BCUT2D eigenvalue weighted by Crippen LogP contribution is -2.25. The van der Waals surface area contributed by atoms with Crippen LogP contribution in [0.5, 0.6) is 0 Å². The standard InChI is InChI=1S/C13H16N2O4/c1-15-10-7-9(3-4-11(10)19-13(15)17)5-6-14-8-12(16)18-2/h3-4,7,14H,5-6,8H2,1-2H3. The normalized spacial score (nSPS) is 10.8. The molecule has 0 amide bonds. The molecule has 19 heavy (non-hydrogen) atoms. The number of methoxy groups -OCH3 is 1. The topological polar surface area (TPSA) is 73.5 Å². The summed E-state index contributed by atoms with van der Waals surface area (Å²) in [5, 5.41) is 2.99. The van der Waals surface area contributed by atoms with Crippen molar-refractivity contribution < 1.29 is 13.9 Å². The van der Waals surface area contributed by atoms with E-state index in [4.69, 9.17) is 4.42 Å². The van der Waals surface area contributed by atoms with Crippen LogP contribution in [0.15, 0.2) is 27.4 Å². The zero-order valence-electron chi connectivity index (χ0n) is 10.9. The third-order valence-corrected chi connectivity index (χ3v) is 2.94. The van der Waals surface area contributed by atoms with Gasteiger partial charge in [0.1, 0.15) is 0 Å². The minimum absolute atomic E-state index is 0.197. The predicted octanol–water partition coefficient (Wildman–Crippen LogP) is 0.437. The molecule has 1 N–H and O–H groups in total. The summed E-state index contributed by atoms with van der Waals surface area (Å²) >= 11 is 0. The van der Waals surface area contributed by atoms with Crippen molar-refractivity contribution in [3.8, 4) is 0 Å². The molecular weight excluding hydrogens is 248 g/mol. The Morgan fingerprint density at radius 1 is 1.47 bits per heavy atom. The third kappa shape index (κ3) is 3.03. The Morgan fingerprint density at radius 3 is 3.00 bits per heavy atom. The first-order valence-electron chi connectivity index (χ1n) is 5.98. The lowest BCUT2D eigenvalue weighted by molar-refractivity contribution is -0.139. The van der Waals surface area contributed by atoms with Gasteiger partial charge in [-0.05, 0) is 30.7 Å². The van der Waals surface area contributed by atoms with Crippen molar-refractivity contribution in [2.24, 2.45) is 7.05 Å². The van der Waals surface area contributed by atoms with E-state index in [0.29, 0.717) is 12.1 Å². The fourth-order valence-corrected chi connectivity index (χ4v) is 1.82. The second-order valence-corrected chi connectivity index (χ2v) is 4.23. The van der Waals surface area contributed by atoms with Crippen LogP contribution in [-0.2, 0) is 23.0 Å². The van der Waals surface area contributed by atoms with Gasteiger partial charge in [-0.25, -0.2) is 4.79 Å². The molecule has 0 fully saturated rings. The summed E-state index contributed by atoms with van der Waals surface area (Å²) in [6, 6.07) is 5.61. The van der Waals surface area contributed by atoms with Crippen LogP contribution in [0.3, 0.4) is 0 Å². The van der Waals surface area contributed by atoms with Crippen molar-refractivity contribution in [1.82, 2.24) is 9.88 Å². The second-order valence-electron chi connectivity index (χ2n) is 4.23. The Bertz CT molecular complexity index is 642. The molecule has 0 atom stereocenters. The maximum Gasteiger partial charge on any atom is 0.419 e. The number of carbonyl (C=O) groups is 1. The van der Waals surface area contributed by atoms with Crippen LogP contribution >= 0.6 is 0 Å². The Hall–Kier alpha value is -2.08. The van der Waals surface area contributed by atoms with Crippen LogP contribution < -0.4 is 11.1 Å². The summed E-state index contributed by atoms with van der Waals surface area (Å²) in [5.74, 6) is -0.649. The van der Waals surface area contributed by atoms with E-state index in [1.165, 1.54) is 11.7 Å². The molecule has 0 aliphatic heterocycles. The van der Waals surface area contributed by atoms with E-state index in [1.54, 1.807) is 13.1 Å². The zero-order chi connectivity index (χ0) is 13.8.